The molecule has 1 aromatic carbocycles. The van der Waals surface area contributed by atoms with Gasteiger partial charge in [0.25, 0.3) is 0 Å². The summed E-state index contributed by atoms with van der Waals surface area (Å²) in [5.74, 6) is 0. The summed E-state index contributed by atoms with van der Waals surface area (Å²) in [6, 6.07) is 10.2. The summed E-state index contributed by atoms with van der Waals surface area (Å²) < 4.78 is 0. The van der Waals surface area contributed by atoms with Gasteiger partial charge in [0.15, 0.2) is 0 Å². The van der Waals surface area contributed by atoms with E-state index in [0.717, 1.165) is 40.9 Å². The number of fused-ring (bicyclic) bond motifs is 3. The second-order valence-corrected chi connectivity index (χ2v) is 4.57. The van der Waals surface area contributed by atoms with Gasteiger partial charge in [-0.3, -0.25) is 9.97 Å². The summed E-state index contributed by atoms with van der Waals surface area (Å²) in [5, 5.41) is 2.24. The Kier molecular flexibility index (Phi) is 3.19. The van der Waals surface area contributed by atoms with Crippen LogP contribution in [0, 0.1) is 0 Å². The van der Waals surface area contributed by atoms with Gasteiger partial charge in [-0.1, -0.05) is 18.2 Å². The zero-order chi connectivity index (χ0) is 13.1. The summed E-state index contributed by atoms with van der Waals surface area (Å²) in [7, 11) is 0. The molecule has 3 aromatic rings. The van der Waals surface area contributed by atoms with Crippen molar-refractivity contribution in [2.24, 2.45) is 0 Å². The third kappa shape index (κ3) is 2.19. The van der Waals surface area contributed by atoms with E-state index in [1.54, 1.807) is 6.20 Å². The predicted octanol–water partition coefficient (Wildman–Crippen LogP) is 3.30. The average molecular weight is 250 g/mol. The van der Waals surface area contributed by atoms with Crippen molar-refractivity contribution in [1.82, 2.24) is 9.97 Å². The van der Waals surface area contributed by atoms with Crippen LogP contribution < -0.4 is 0 Å². The largest absolute Gasteiger partial charge is 0.303 e. The standard InChI is InChI=1S/C16H14N2O/c19-11-2-1-4-12-8-10-18-16-14(12)7-6-13-5-3-9-17-15(13)16/h3,5-11H,1-2,4H2. The number of nitrogens with zero attached hydrogens (tertiary/aromatic N) is 2. The lowest BCUT2D eigenvalue weighted by Crippen LogP contribution is -1.92. The number of aryl methyl sites for hydroxylation is 1. The van der Waals surface area contributed by atoms with Crippen molar-refractivity contribution in [2.75, 3.05) is 0 Å². The van der Waals surface area contributed by atoms with Crippen molar-refractivity contribution in [3.05, 3.63) is 48.3 Å². The topological polar surface area (TPSA) is 42.9 Å². The number of carbonyl (C=O) groups is 1. The van der Waals surface area contributed by atoms with E-state index in [1.165, 1.54) is 5.56 Å². The molecule has 2 aromatic heterocycles. The normalized spacial score (nSPS) is 10.9. The predicted molar refractivity (Wildman–Crippen MR) is 76.0 cm³/mol. The van der Waals surface area contributed by atoms with Crippen LogP contribution in [0.4, 0.5) is 0 Å². The fourth-order valence-corrected chi connectivity index (χ4v) is 2.40. The zero-order valence-corrected chi connectivity index (χ0v) is 10.5. The molecule has 94 valence electrons. The number of rotatable bonds is 4. The van der Waals surface area contributed by atoms with Gasteiger partial charge in [-0.15, -0.1) is 0 Å². The van der Waals surface area contributed by atoms with Crippen LogP contribution in [0.1, 0.15) is 18.4 Å². The number of hydrogen-bond donors (Lipinski definition) is 0. The molecule has 0 bridgehead atoms. The van der Waals surface area contributed by atoms with Gasteiger partial charge in [-0.2, -0.15) is 0 Å². The number of aromatic nitrogens is 2. The molecule has 3 heteroatoms. The van der Waals surface area contributed by atoms with E-state index < -0.39 is 0 Å². The SMILES string of the molecule is O=CCCCc1ccnc2c1ccc1cccnc12. The molecular weight excluding hydrogens is 236 g/mol. The number of unbranched alkanes of at least 4 members (excludes halogenated alkanes) is 1. The molecule has 2 heterocycles. The van der Waals surface area contributed by atoms with E-state index in [0.29, 0.717) is 6.42 Å². The Morgan fingerprint density at radius 3 is 2.79 bits per heavy atom. The van der Waals surface area contributed by atoms with Crippen LogP contribution in [0.15, 0.2) is 42.7 Å². The Morgan fingerprint density at radius 2 is 1.89 bits per heavy atom. The van der Waals surface area contributed by atoms with Crippen LogP contribution in [0.3, 0.4) is 0 Å². The maximum atomic E-state index is 10.4. The van der Waals surface area contributed by atoms with Gasteiger partial charge < -0.3 is 4.79 Å². The summed E-state index contributed by atoms with van der Waals surface area (Å²) in [4.78, 5) is 19.3. The Bertz CT molecular complexity index is 737. The molecule has 0 fully saturated rings. The highest BCUT2D eigenvalue weighted by Gasteiger charge is 2.06. The minimum absolute atomic E-state index is 0.607. The lowest BCUT2D eigenvalue weighted by molar-refractivity contribution is -0.107. The van der Waals surface area contributed by atoms with Crippen molar-refractivity contribution in [3.63, 3.8) is 0 Å². The first-order chi connectivity index (χ1) is 9.40. The lowest BCUT2D eigenvalue weighted by Gasteiger charge is -2.07. The third-order valence-corrected chi connectivity index (χ3v) is 3.34. The van der Waals surface area contributed by atoms with Crippen molar-refractivity contribution < 1.29 is 4.79 Å². The molecule has 0 unspecified atom stereocenters. The molecule has 0 amide bonds. The Balaban J connectivity index is 2.15. The van der Waals surface area contributed by atoms with Gasteiger partial charge >= 0.3 is 0 Å². The maximum absolute atomic E-state index is 10.4. The molecule has 0 saturated carbocycles. The second kappa shape index (κ2) is 5.14. The molecule has 0 atom stereocenters. The van der Waals surface area contributed by atoms with Gasteiger partial charge in [-0.25, -0.2) is 0 Å². The lowest BCUT2D eigenvalue weighted by atomic mass is 10.0. The van der Waals surface area contributed by atoms with E-state index in [9.17, 15) is 4.79 Å². The molecule has 19 heavy (non-hydrogen) atoms. The molecule has 0 spiro atoms. The summed E-state index contributed by atoms with van der Waals surface area (Å²) in [6.45, 7) is 0. The first-order valence-electron chi connectivity index (χ1n) is 6.45. The summed E-state index contributed by atoms with van der Waals surface area (Å²) >= 11 is 0. The van der Waals surface area contributed by atoms with E-state index in [-0.39, 0.29) is 0 Å². The van der Waals surface area contributed by atoms with Crippen molar-refractivity contribution in [1.29, 1.82) is 0 Å². The Hall–Kier alpha value is -2.29. The summed E-state index contributed by atoms with van der Waals surface area (Å²) in [6.07, 6.45) is 6.98. The highest BCUT2D eigenvalue weighted by molar-refractivity contribution is 6.03. The van der Waals surface area contributed by atoms with Crippen molar-refractivity contribution in [3.8, 4) is 0 Å². The fourth-order valence-electron chi connectivity index (χ4n) is 2.40. The molecular formula is C16H14N2O. The molecule has 0 saturated heterocycles. The smallest absolute Gasteiger partial charge is 0.120 e. The number of benzene rings is 1. The van der Waals surface area contributed by atoms with Crippen LogP contribution in [-0.2, 0) is 11.2 Å². The van der Waals surface area contributed by atoms with Crippen LogP contribution in [-0.4, -0.2) is 16.3 Å². The van der Waals surface area contributed by atoms with Crippen LogP contribution in [0.2, 0.25) is 0 Å². The van der Waals surface area contributed by atoms with Gasteiger partial charge in [0.05, 0.1) is 11.0 Å². The van der Waals surface area contributed by atoms with Gasteiger partial charge in [-0.05, 0) is 30.5 Å². The minimum Gasteiger partial charge on any atom is -0.303 e. The highest BCUT2D eigenvalue weighted by Crippen LogP contribution is 2.25. The quantitative estimate of drug-likeness (QED) is 0.405. The molecule has 3 rings (SSSR count). The Morgan fingerprint density at radius 1 is 1.00 bits per heavy atom. The monoisotopic (exact) mass is 250 g/mol. The molecule has 0 aliphatic carbocycles. The average Bonchev–Trinajstić information content (AvgIpc) is 2.47. The first-order valence-corrected chi connectivity index (χ1v) is 6.45. The maximum Gasteiger partial charge on any atom is 0.120 e. The van der Waals surface area contributed by atoms with E-state index in [2.05, 4.69) is 22.1 Å². The fraction of sp³-hybridized carbons (Fsp3) is 0.188. The van der Waals surface area contributed by atoms with Crippen molar-refractivity contribution >= 4 is 28.1 Å². The van der Waals surface area contributed by atoms with E-state index in [4.69, 9.17) is 0 Å². The molecule has 0 aliphatic heterocycles. The highest BCUT2D eigenvalue weighted by atomic mass is 16.1. The van der Waals surface area contributed by atoms with Crippen LogP contribution in [0.5, 0.6) is 0 Å². The van der Waals surface area contributed by atoms with Crippen molar-refractivity contribution in [2.45, 2.75) is 19.3 Å². The zero-order valence-electron chi connectivity index (χ0n) is 10.5. The van der Waals surface area contributed by atoms with E-state index in [1.807, 2.05) is 24.4 Å². The van der Waals surface area contributed by atoms with E-state index >= 15 is 0 Å². The van der Waals surface area contributed by atoms with Gasteiger partial charge in [0, 0.05) is 29.6 Å². The number of hydrogen-bond acceptors (Lipinski definition) is 3. The first kappa shape index (κ1) is 11.8. The Labute approximate surface area is 111 Å². The van der Waals surface area contributed by atoms with Crippen LogP contribution >= 0.6 is 0 Å². The number of carbonyl (C=O) groups excluding carboxylic acids is 1. The van der Waals surface area contributed by atoms with Gasteiger partial charge in [0.2, 0.25) is 0 Å². The molecule has 3 nitrogen and oxygen atoms in total. The molecule has 0 N–H and O–H groups in total. The molecule has 0 aliphatic rings. The second-order valence-electron chi connectivity index (χ2n) is 4.57. The minimum atomic E-state index is 0.607. The molecule has 0 radical (unpaired) electrons. The van der Waals surface area contributed by atoms with Gasteiger partial charge in [0.1, 0.15) is 6.29 Å². The number of pyridine rings is 2. The van der Waals surface area contributed by atoms with Crippen LogP contribution in [0.25, 0.3) is 21.8 Å². The third-order valence-electron chi connectivity index (χ3n) is 3.34. The summed E-state index contributed by atoms with van der Waals surface area (Å²) in [5.41, 5.74) is 3.12. The number of aldehydes is 1.